The number of alkyl halides is 2. The van der Waals surface area contributed by atoms with Crippen molar-refractivity contribution in [3.05, 3.63) is 28.2 Å². The average Bonchev–Trinajstić information content (AvgIpc) is 2.20. The summed E-state index contributed by atoms with van der Waals surface area (Å²) >= 11 is 3.09. The number of rotatable bonds is 5. The summed E-state index contributed by atoms with van der Waals surface area (Å²) in [4.78, 5) is 0. The second kappa shape index (κ2) is 6.02. The third-order valence-electron chi connectivity index (χ3n) is 1.77. The summed E-state index contributed by atoms with van der Waals surface area (Å²) in [7, 11) is 1.55. The molecule has 0 saturated carbocycles. The number of ether oxygens (including phenoxy) is 2. The molecule has 0 aliphatic heterocycles. The highest BCUT2D eigenvalue weighted by molar-refractivity contribution is 9.10. The van der Waals surface area contributed by atoms with Gasteiger partial charge in [-0.2, -0.15) is 0 Å². The molecule has 1 rings (SSSR count). The van der Waals surface area contributed by atoms with Gasteiger partial charge in [-0.3, -0.25) is 0 Å². The molecule has 0 amide bonds. The molecule has 1 aromatic carbocycles. The molecule has 0 atom stereocenters. The first-order chi connectivity index (χ1) is 7.16. The van der Waals surface area contributed by atoms with Gasteiger partial charge in [0.05, 0.1) is 11.1 Å². The Hall–Kier alpha value is -0.680. The zero-order chi connectivity index (χ0) is 11.3. The van der Waals surface area contributed by atoms with Gasteiger partial charge in [-0.1, -0.05) is 12.1 Å². The standard InChI is InChI=1S/C10H11BrF2O2/c1-14-5-6-15-8-4-2-3-7(9(8)11)10(12)13/h2-4,10H,5-6H2,1H3. The van der Waals surface area contributed by atoms with Crippen molar-refractivity contribution < 1.29 is 18.3 Å². The van der Waals surface area contributed by atoms with E-state index < -0.39 is 6.43 Å². The summed E-state index contributed by atoms with van der Waals surface area (Å²) in [5.41, 5.74) is -0.0649. The van der Waals surface area contributed by atoms with Gasteiger partial charge in [0.15, 0.2) is 0 Å². The van der Waals surface area contributed by atoms with Crippen molar-refractivity contribution in [3.8, 4) is 5.75 Å². The smallest absolute Gasteiger partial charge is 0.265 e. The van der Waals surface area contributed by atoms with Crippen LogP contribution in [0.25, 0.3) is 0 Å². The first kappa shape index (κ1) is 12.4. The fourth-order valence-corrected chi connectivity index (χ4v) is 1.59. The Kier molecular flexibility index (Phi) is 4.98. The normalized spacial score (nSPS) is 10.7. The molecule has 1 aromatic rings. The minimum Gasteiger partial charge on any atom is -0.490 e. The highest BCUT2D eigenvalue weighted by Crippen LogP contribution is 2.34. The lowest BCUT2D eigenvalue weighted by Crippen LogP contribution is -2.05. The highest BCUT2D eigenvalue weighted by Gasteiger charge is 2.14. The Balaban J connectivity index is 2.75. The minimum atomic E-state index is -2.51. The van der Waals surface area contributed by atoms with Gasteiger partial charge in [0.1, 0.15) is 12.4 Å². The molecule has 0 aliphatic carbocycles. The molecule has 0 aromatic heterocycles. The van der Waals surface area contributed by atoms with E-state index in [1.807, 2.05) is 0 Å². The van der Waals surface area contributed by atoms with E-state index in [1.165, 1.54) is 12.1 Å². The summed E-state index contributed by atoms with van der Waals surface area (Å²) in [5, 5.41) is 0. The van der Waals surface area contributed by atoms with Crippen LogP contribution < -0.4 is 4.74 Å². The van der Waals surface area contributed by atoms with Crippen LogP contribution in [-0.4, -0.2) is 20.3 Å². The number of hydrogen-bond donors (Lipinski definition) is 0. The van der Waals surface area contributed by atoms with E-state index in [2.05, 4.69) is 15.9 Å². The lowest BCUT2D eigenvalue weighted by molar-refractivity contribution is 0.141. The Labute approximate surface area is 95.3 Å². The molecule has 0 heterocycles. The van der Waals surface area contributed by atoms with E-state index >= 15 is 0 Å². The monoisotopic (exact) mass is 280 g/mol. The van der Waals surface area contributed by atoms with Gasteiger partial charge in [0.25, 0.3) is 6.43 Å². The molecular formula is C10H11BrF2O2. The third kappa shape index (κ3) is 3.43. The molecule has 0 N–H and O–H groups in total. The molecule has 0 aliphatic rings. The van der Waals surface area contributed by atoms with Crippen LogP contribution in [0, 0.1) is 0 Å². The van der Waals surface area contributed by atoms with E-state index in [0.717, 1.165) is 0 Å². The molecule has 5 heteroatoms. The lowest BCUT2D eigenvalue weighted by atomic mass is 10.2. The van der Waals surface area contributed by atoms with Crippen LogP contribution in [0.5, 0.6) is 5.75 Å². The third-order valence-corrected chi connectivity index (χ3v) is 2.62. The van der Waals surface area contributed by atoms with Crippen molar-refractivity contribution in [2.75, 3.05) is 20.3 Å². The zero-order valence-electron chi connectivity index (χ0n) is 8.17. The molecule has 0 saturated heterocycles. The van der Waals surface area contributed by atoms with Crippen LogP contribution in [0.2, 0.25) is 0 Å². The summed E-state index contributed by atoms with van der Waals surface area (Å²) in [6, 6.07) is 4.53. The Morgan fingerprint density at radius 3 is 2.67 bits per heavy atom. The van der Waals surface area contributed by atoms with Gasteiger partial charge >= 0.3 is 0 Å². The Morgan fingerprint density at radius 1 is 1.33 bits per heavy atom. The topological polar surface area (TPSA) is 18.5 Å². The maximum absolute atomic E-state index is 12.5. The van der Waals surface area contributed by atoms with Crippen molar-refractivity contribution in [1.82, 2.24) is 0 Å². The molecular weight excluding hydrogens is 270 g/mol. The molecule has 0 unspecified atom stereocenters. The number of hydrogen-bond acceptors (Lipinski definition) is 2. The summed E-state index contributed by atoms with van der Waals surface area (Å²) < 4.78 is 35.3. The van der Waals surface area contributed by atoms with Gasteiger partial charge in [-0.15, -0.1) is 0 Å². The Morgan fingerprint density at radius 2 is 2.07 bits per heavy atom. The molecule has 0 spiro atoms. The molecule has 2 nitrogen and oxygen atoms in total. The van der Waals surface area contributed by atoms with Crippen LogP contribution in [0.4, 0.5) is 8.78 Å². The van der Waals surface area contributed by atoms with E-state index in [0.29, 0.717) is 23.4 Å². The first-order valence-electron chi connectivity index (χ1n) is 4.35. The fourth-order valence-electron chi connectivity index (χ4n) is 1.04. The van der Waals surface area contributed by atoms with Gasteiger partial charge in [-0.05, 0) is 22.0 Å². The Bertz CT molecular complexity index is 318. The molecule has 0 fully saturated rings. The largest absolute Gasteiger partial charge is 0.490 e. The number of methoxy groups -OCH3 is 1. The second-order valence-electron chi connectivity index (χ2n) is 2.80. The van der Waals surface area contributed by atoms with Gasteiger partial charge in [0, 0.05) is 12.7 Å². The molecule has 84 valence electrons. The van der Waals surface area contributed by atoms with Crippen LogP contribution in [-0.2, 0) is 4.74 Å². The quantitative estimate of drug-likeness (QED) is 0.770. The zero-order valence-corrected chi connectivity index (χ0v) is 9.76. The van der Waals surface area contributed by atoms with E-state index in [1.54, 1.807) is 13.2 Å². The summed E-state index contributed by atoms with van der Waals surface area (Å²) in [6.45, 7) is 0.757. The van der Waals surface area contributed by atoms with Crippen molar-refractivity contribution in [1.29, 1.82) is 0 Å². The highest BCUT2D eigenvalue weighted by atomic mass is 79.9. The molecule has 0 bridgehead atoms. The van der Waals surface area contributed by atoms with Crippen molar-refractivity contribution in [3.63, 3.8) is 0 Å². The maximum Gasteiger partial charge on any atom is 0.265 e. The first-order valence-corrected chi connectivity index (χ1v) is 5.14. The van der Waals surface area contributed by atoms with Crippen molar-refractivity contribution in [2.24, 2.45) is 0 Å². The van der Waals surface area contributed by atoms with Crippen LogP contribution in [0.15, 0.2) is 22.7 Å². The number of benzene rings is 1. The van der Waals surface area contributed by atoms with Crippen LogP contribution in [0.3, 0.4) is 0 Å². The van der Waals surface area contributed by atoms with Gasteiger partial charge in [0.2, 0.25) is 0 Å². The SMILES string of the molecule is COCCOc1cccc(C(F)F)c1Br. The second-order valence-corrected chi connectivity index (χ2v) is 3.59. The lowest BCUT2D eigenvalue weighted by Gasteiger charge is -2.10. The summed E-state index contributed by atoms with van der Waals surface area (Å²) in [6.07, 6.45) is -2.51. The molecule has 15 heavy (non-hydrogen) atoms. The van der Waals surface area contributed by atoms with Gasteiger partial charge < -0.3 is 9.47 Å². The number of halogens is 3. The maximum atomic E-state index is 12.5. The van der Waals surface area contributed by atoms with E-state index in [-0.39, 0.29) is 5.56 Å². The molecule has 0 radical (unpaired) electrons. The summed E-state index contributed by atoms with van der Waals surface area (Å²) in [5.74, 6) is 0.407. The van der Waals surface area contributed by atoms with Crippen LogP contribution >= 0.6 is 15.9 Å². The van der Waals surface area contributed by atoms with Gasteiger partial charge in [-0.25, -0.2) is 8.78 Å². The van der Waals surface area contributed by atoms with Crippen LogP contribution in [0.1, 0.15) is 12.0 Å². The predicted molar refractivity (Wildman–Crippen MR) is 56.5 cm³/mol. The van der Waals surface area contributed by atoms with E-state index in [4.69, 9.17) is 9.47 Å². The predicted octanol–water partition coefficient (Wildman–Crippen LogP) is 3.41. The van der Waals surface area contributed by atoms with Crippen molar-refractivity contribution >= 4 is 15.9 Å². The van der Waals surface area contributed by atoms with E-state index in [9.17, 15) is 8.78 Å². The average molecular weight is 281 g/mol. The minimum absolute atomic E-state index is 0.0649. The fraction of sp³-hybridized carbons (Fsp3) is 0.400. The van der Waals surface area contributed by atoms with Crippen molar-refractivity contribution in [2.45, 2.75) is 6.43 Å².